The summed E-state index contributed by atoms with van der Waals surface area (Å²) in [6.07, 6.45) is 0. The third kappa shape index (κ3) is 6.04. The first-order valence-corrected chi connectivity index (χ1v) is 9.47. The van der Waals surface area contributed by atoms with Crippen LogP contribution in [0.5, 0.6) is 0 Å². The van der Waals surface area contributed by atoms with Crippen molar-refractivity contribution < 1.29 is 19.1 Å². The van der Waals surface area contributed by atoms with Crippen LogP contribution in [0.4, 0.5) is 5.69 Å². The lowest BCUT2D eigenvalue weighted by Gasteiger charge is -2.08. The minimum Gasteiger partial charge on any atom is -0.460 e. The Hall–Kier alpha value is -3.93. The van der Waals surface area contributed by atoms with Crippen LogP contribution >= 0.6 is 0 Å². The molecule has 152 valence electrons. The molecule has 6 nitrogen and oxygen atoms in total. The fraction of sp³-hybridized carbons (Fsp3) is 0.125. The number of carbonyl (C=O) groups excluding carboxylic acids is 3. The largest absolute Gasteiger partial charge is 0.460 e. The molecule has 2 amide bonds. The maximum absolute atomic E-state index is 12.2. The summed E-state index contributed by atoms with van der Waals surface area (Å²) in [5, 5.41) is 5.35. The maximum Gasteiger partial charge on any atom is 0.325 e. The first-order chi connectivity index (χ1) is 14.5. The van der Waals surface area contributed by atoms with E-state index >= 15 is 0 Å². The van der Waals surface area contributed by atoms with Crippen molar-refractivity contribution in [3.05, 3.63) is 101 Å². The van der Waals surface area contributed by atoms with Gasteiger partial charge in [0.2, 0.25) is 0 Å². The molecule has 0 atom stereocenters. The van der Waals surface area contributed by atoms with Gasteiger partial charge in [-0.2, -0.15) is 0 Å². The minimum atomic E-state index is -0.540. The Morgan fingerprint density at radius 3 is 2.23 bits per heavy atom. The second kappa shape index (κ2) is 10.0. The molecule has 3 rings (SSSR count). The number of ether oxygens (including phenoxy) is 1. The molecule has 30 heavy (non-hydrogen) atoms. The van der Waals surface area contributed by atoms with Crippen molar-refractivity contribution >= 4 is 23.5 Å². The van der Waals surface area contributed by atoms with Gasteiger partial charge in [0.15, 0.2) is 0 Å². The van der Waals surface area contributed by atoms with E-state index in [1.165, 1.54) is 0 Å². The summed E-state index contributed by atoms with van der Waals surface area (Å²) in [4.78, 5) is 36.2. The highest BCUT2D eigenvalue weighted by Gasteiger charge is 2.10. The van der Waals surface area contributed by atoms with Crippen molar-refractivity contribution in [2.45, 2.75) is 13.5 Å². The van der Waals surface area contributed by atoms with Gasteiger partial charge in [-0.05, 0) is 48.9 Å². The molecule has 0 bridgehead atoms. The molecule has 0 aliphatic carbocycles. The Bertz CT molecular complexity index is 1030. The van der Waals surface area contributed by atoms with Crippen molar-refractivity contribution in [2.24, 2.45) is 0 Å². The number of esters is 1. The van der Waals surface area contributed by atoms with E-state index in [-0.39, 0.29) is 25.0 Å². The lowest BCUT2D eigenvalue weighted by molar-refractivity contribution is -0.143. The van der Waals surface area contributed by atoms with E-state index in [0.717, 1.165) is 11.1 Å². The highest BCUT2D eigenvalue weighted by Crippen LogP contribution is 2.11. The van der Waals surface area contributed by atoms with Crippen molar-refractivity contribution in [1.29, 1.82) is 0 Å². The second-order valence-electron chi connectivity index (χ2n) is 6.73. The predicted octanol–water partition coefficient (Wildman–Crippen LogP) is 3.72. The molecule has 0 fully saturated rings. The van der Waals surface area contributed by atoms with E-state index < -0.39 is 5.97 Å². The highest BCUT2D eigenvalue weighted by atomic mass is 16.5. The lowest BCUT2D eigenvalue weighted by atomic mass is 10.1. The van der Waals surface area contributed by atoms with Gasteiger partial charge in [0.05, 0.1) is 0 Å². The molecule has 0 aliphatic rings. The average Bonchev–Trinajstić information content (AvgIpc) is 2.77. The van der Waals surface area contributed by atoms with Crippen LogP contribution in [-0.4, -0.2) is 24.3 Å². The molecule has 3 aromatic carbocycles. The predicted molar refractivity (Wildman–Crippen MR) is 114 cm³/mol. The maximum atomic E-state index is 12.2. The van der Waals surface area contributed by atoms with E-state index in [2.05, 4.69) is 10.6 Å². The minimum absolute atomic E-state index is 0.0553. The Kier molecular flexibility index (Phi) is 6.95. The number of benzene rings is 3. The number of hydrogen-bond donors (Lipinski definition) is 2. The Labute approximate surface area is 174 Å². The zero-order valence-electron chi connectivity index (χ0n) is 16.6. The fourth-order valence-electron chi connectivity index (χ4n) is 2.73. The number of nitrogens with one attached hydrogen (secondary N) is 2. The van der Waals surface area contributed by atoms with Gasteiger partial charge in [0.1, 0.15) is 13.2 Å². The number of carbonyl (C=O) groups is 3. The molecule has 6 heteroatoms. The Balaban J connectivity index is 1.44. The van der Waals surface area contributed by atoms with Crippen molar-refractivity contribution in [3.8, 4) is 0 Å². The molecule has 0 unspecified atom stereocenters. The Morgan fingerprint density at radius 2 is 1.53 bits per heavy atom. The summed E-state index contributed by atoms with van der Waals surface area (Å²) in [7, 11) is 0. The van der Waals surface area contributed by atoms with Crippen LogP contribution in [0.3, 0.4) is 0 Å². The van der Waals surface area contributed by atoms with E-state index in [4.69, 9.17) is 4.74 Å². The molecule has 2 N–H and O–H groups in total. The van der Waals surface area contributed by atoms with Crippen molar-refractivity contribution in [3.63, 3.8) is 0 Å². The van der Waals surface area contributed by atoms with Crippen molar-refractivity contribution in [1.82, 2.24) is 5.32 Å². The summed E-state index contributed by atoms with van der Waals surface area (Å²) in [6.45, 7) is 1.73. The van der Waals surface area contributed by atoms with Crippen LogP contribution in [0.1, 0.15) is 31.8 Å². The first-order valence-electron chi connectivity index (χ1n) is 9.47. The van der Waals surface area contributed by atoms with Gasteiger partial charge in [-0.15, -0.1) is 0 Å². The van der Waals surface area contributed by atoms with E-state index in [1.807, 2.05) is 43.3 Å². The van der Waals surface area contributed by atoms with E-state index in [0.29, 0.717) is 16.8 Å². The van der Waals surface area contributed by atoms with Gasteiger partial charge in [-0.3, -0.25) is 14.4 Å². The number of anilines is 1. The molecule has 0 spiro atoms. The number of hydrogen-bond acceptors (Lipinski definition) is 4. The molecule has 0 heterocycles. The van der Waals surface area contributed by atoms with Gasteiger partial charge < -0.3 is 15.4 Å². The fourth-order valence-corrected chi connectivity index (χ4v) is 2.73. The topological polar surface area (TPSA) is 84.5 Å². The normalized spacial score (nSPS) is 10.2. The van der Waals surface area contributed by atoms with Crippen LogP contribution < -0.4 is 10.6 Å². The smallest absolute Gasteiger partial charge is 0.325 e. The van der Waals surface area contributed by atoms with Crippen LogP contribution in [0, 0.1) is 6.92 Å². The van der Waals surface area contributed by atoms with Gasteiger partial charge in [-0.1, -0.05) is 48.0 Å². The van der Waals surface area contributed by atoms with Crippen LogP contribution in [-0.2, 0) is 16.1 Å². The second-order valence-corrected chi connectivity index (χ2v) is 6.73. The number of para-hydroxylation sites is 1. The zero-order valence-corrected chi connectivity index (χ0v) is 16.6. The van der Waals surface area contributed by atoms with Gasteiger partial charge >= 0.3 is 5.97 Å². The quantitative estimate of drug-likeness (QED) is 0.590. The number of rotatable bonds is 7. The van der Waals surface area contributed by atoms with Gasteiger partial charge in [0.25, 0.3) is 11.8 Å². The summed E-state index contributed by atoms with van der Waals surface area (Å²) in [5.74, 6) is -1.09. The summed E-state index contributed by atoms with van der Waals surface area (Å²) < 4.78 is 5.18. The Morgan fingerprint density at radius 1 is 0.800 bits per heavy atom. The molecule has 3 aromatic rings. The van der Waals surface area contributed by atoms with Crippen LogP contribution in [0.25, 0.3) is 0 Å². The SMILES string of the molecule is Cc1cccc(C(=O)NCC(=O)OCc2ccc(C(=O)Nc3ccccc3)cc2)c1. The first kappa shape index (κ1) is 20.8. The van der Waals surface area contributed by atoms with Crippen LogP contribution in [0.2, 0.25) is 0 Å². The molecular formula is C24H22N2O4. The number of amides is 2. The molecular weight excluding hydrogens is 380 g/mol. The lowest BCUT2D eigenvalue weighted by Crippen LogP contribution is -2.30. The van der Waals surface area contributed by atoms with Gasteiger partial charge in [0, 0.05) is 16.8 Å². The highest BCUT2D eigenvalue weighted by molar-refractivity contribution is 6.04. The van der Waals surface area contributed by atoms with Gasteiger partial charge in [-0.25, -0.2) is 0 Å². The molecule has 0 aromatic heterocycles. The third-order valence-electron chi connectivity index (χ3n) is 4.32. The standard InChI is InChI=1S/C24H22N2O4/c1-17-6-5-7-20(14-17)23(28)25-15-22(27)30-16-18-10-12-19(13-11-18)24(29)26-21-8-3-2-4-9-21/h2-14H,15-16H2,1H3,(H,25,28)(H,26,29). The van der Waals surface area contributed by atoms with Crippen LogP contribution in [0.15, 0.2) is 78.9 Å². The zero-order chi connectivity index (χ0) is 21.3. The van der Waals surface area contributed by atoms with Crippen molar-refractivity contribution in [2.75, 3.05) is 11.9 Å². The monoisotopic (exact) mass is 402 g/mol. The summed E-state index contributed by atoms with van der Waals surface area (Å²) in [5.41, 5.74) is 3.41. The summed E-state index contributed by atoms with van der Waals surface area (Å²) >= 11 is 0. The van der Waals surface area contributed by atoms with E-state index in [1.54, 1.807) is 42.5 Å². The molecule has 0 radical (unpaired) electrons. The third-order valence-corrected chi connectivity index (χ3v) is 4.32. The average molecular weight is 402 g/mol. The molecule has 0 saturated carbocycles. The number of aryl methyl sites for hydroxylation is 1. The van der Waals surface area contributed by atoms with E-state index in [9.17, 15) is 14.4 Å². The molecule has 0 aliphatic heterocycles. The summed E-state index contributed by atoms with van der Waals surface area (Å²) in [6, 6.07) is 23.1. The molecule has 0 saturated heterocycles.